The van der Waals surface area contributed by atoms with Crippen molar-refractivity contribution in [3.63, 3.8) is 0 Å². The van der Waals surface area contributed by atoms with Crippen LogP contribution in [-0.4, -0.2) is 18.2 Å². The Kier molecular flexibility index (Phi) is 3.24. The van der Waals surface area contributed by atoms with E-state index < -0.39 is 0 Å². The molecule has 1 spiro atoms. The van der Waals surface area contributed by atoms with Crippen LogP contribution in [0.25, 0.3) is 0 Å². The summed E-state index contributed by atoms with van der Waals surface area (Å²) in [4.78, 5) is 2.61. The quantitative estimate of drug-likeness (QED) is 0.878. The van der Waals surface area contributed by atoms with E-state index in [9.17, 15) is 5.11 Å². The van der Waals surface area contributed by atoms with Crippen LogP contribution in [0.1, 0.15) is 60.8 Å². The molecule has 124 valence electrons. The van der Waals surface area contributed by atoms with Gasteiger partial charge in [0.15, 0.2) is 0 Å². The van der Waals surface area contributed by atoms with Crippen LogP contribution in [0.15, 0.2) is 48.5 Å². The largest absolute Gasteiger partial charge is 0.388 e. The van der Waals surface area contributed by atoms with E-state index in [-0.39, 0.29) is 11.5 Å². The van der Waals surface area contributed by atoms with Gasteiger partial charge in [-0.3, -0.25) is 0 Å². The van der Waals surface area contributed by atoms with E-state index in [2.05, 4.69) is 53.4 Å². The Morgan fingerprint density at radius 2 is 1.62 bits per heavy atom. The average Bonchev–Trinajstić information content (AvgIpc) is 3.39. The molecule has 2 aromatic rings. The van der Waals surface area contributed by atoms with Crippen molar-refractivity contribution in [3.8, 4) is 0 Å². The van der Waals surface area contributed by atoms with Gasteiger partial charge in [0.25, 0.3) is 0 Å². The lowest BCUT2D eigenvalue weighted by atomic mass is 9.68. The highest BCUT2D eigenvalue weighted by Crippen LogP contribution is 2.50. The van der Waals surface area contributed by atoms with Gasteiger partial charge >= 0.3 is 0 Å². The first kappa shape index (κ1) is 14.5. The zero-order valence-corrected chi connectivity index (χ0v) is 14.1. The summed E-state index contributed by atoms with van der Waals surface area (Å²) in [5.41, 5.74) is 5.81. The highest BCUT2D eigenvalue weighted by molar-refractivity contribution is 5.58. The standard InChI is InChI=1S/C22H25NO/c24-21-11-12-22(19-7-3-1-6-18(19)21)13-14-23(15-22)20-8-4-2-5-17(20)16-9-10-16/h1-8,16,21,24H,9-15H2. The number of para-hydroxylation sites is 1. The fourth-order valence-electron chi connectivity index (χ4n) is 4.99. The molecular formula is C22H25NO. The lowest BCUT2D eigenvalue weighted by Gasteiger charge is -2.38. The summed E-state index contributed by atoms with van der Waals surface area (Å²) in [5.74, 6) is 0.790. The maximum absolute atomic E-state index is 10.4. The maximum atomic E-state index is 10.4. The lowest BCUT2D eigenvalue weighted by Crippen LogP contribution is -2.36. The van der Waals surface area contributed by atoms with Crippen molar-refractivity contribution >= 4 is 5.69 Å². The minimum atomic E-state index is -0.278. The molecule has 2 aromatic carbocycles. The predicted octanol–water partition coefficient (Wildman–Crippen LogP) is 4.54. The molecule has 1 saturated heterocycles. The van der Waals surface area contributed by atoms with Crippen LogP contribution in [0, 0.1) is 0 Å². The van der Waals surface area contributed by atoms with Crippen LogP contribution >= 0.6 is 0 Å². The van der Waals surface area contributed by atoms with Crippen molar-refractivity contribution < 1.29 is 5.11 Å². The minimum absolute atomic E-state index is 0.229. The molecule has 2 unspecified atom stereocenters. The van der Waals surface area contributed by atoms with Crippen molar-refractivity contribution in [2.45, 2.75) is 49.5 Å². The van der Waals surface area contributed by atoms with Crippen molar-refractivity contribution in [1.29, 1.82) is 0 Å². The molecule has 2 heteroatoms. The van der Waals surface area contributed by atoms with E-state index in [1.165, 1.54) is 36.1 Å². The van der Waals surface area contributed by atoms with E-state index in [1.807, 2.05) is 0 Å². The summed E-state index contributed by atoms with van der Waals surface area (Å²) in [5, 5.41) is 10.4. The molecule has 3 aliphatic rings. The molecule has 2 aliphatic carbocycles. The number of anilines is 1. The number of aliphatic hydroxyl groups is 1. The molecule has 0 bridgehead atoms. The Labute approximate surface area is 144 Å². The molecule has 0 amide bonds. The molecule has 1 saturated carbocycles. The summed E-state index contributed by atoms with van der Waals surface area (Å²) >= 11 is 0. The molecule has 5 rings (SSSR count). The van der Waals surface area contributed by atoms with Gasteiger partial charge in [-0.1, -0.05) is 42.5 Å². The number of nitrogens with zero attached hydrogens (tertiary/aromatic N) is 1. The van der Waals surface area contributed by atoms with Gasteiger partial charge in [0.1, 0.15) is 0 Å². The van der Waals surface area contributed by atoms with E-state index >= 15 is 0 Å². The van der Waals surface area contributed by atoms with Gasteiger partial charge in [0.05, 0.1) is 6.10 Å². The molecule has 0 aromatic heterocycles. The Morgan fingerprint density at radius 3 is 2.46 bits per heavy atom. The Balaban J connectivity index is 1.50. The molecular weight excluding hydrogens is 294 g/mol. The smallest absolute Gasteiger partial charge is 0.0793 e. The third-order valence-electron chi connectivity index (χ3n) is 6.44. The van der Waals surface area contributed by atoms with Crippen LogP contribution in [0.2, 0.25) is 0 Å². The van der Waals surface area contributed by atoms with Gasteiger partial charge in [0, 0.05) is 24.2 Å². The van der Waals surface area contributed by atoms with Gasteiger partial charge in [-0.15, -0.1) is 0 Å². The summed E-state index contributed by atoms with van der Waals surface area (Å²) < 4.78 is 0. The maximum Gasteiger partial charge on any atom is 0.0793 e. The summed E-state index contributed by atoms with van der Waals surface area (Å²) in [7, 11) is 0. The van der Waals surface area contributed by atoms with E-state index in [0.717, 1.165) is 31.8 Å². The Morgan fingerprint density at radius 1 is 0.875 bits per heavy atom. The predicted molar refractivity (Wildman–Crippen MR) is 97.6 cm³/mol. The summed E-state index contributed by atoms with van der Waals surface area (Å²) in [6, 6.07) is 17.6. The topological polar surface area (TPSA) is 23.5 Å². The molecule has 2 atom stereocenters. The van der Waals surface area contributed by atoms with Crippen LogP contribution < -0.4 is 4.90 Å². The molecule has 2 fully saturated rings. The normalized spacial score (nSPS) is 29.0. The van der Waals surface area contributed by atoms with E-state index in [0.29, 0.717) is 0 Å². The second-order valence-electron chi connectivity index (χ2n) is 7.93. The van der Waals surface area contributed by atoms with Gasteiger partial charge in [-0.2, -0.15) is 0 Å². The first-order valence-corrected chi connectivity index (χ1v) is 9.38. The van der Waals surface area contributed by atoms with Crippen LogP contribution in [0.4, 0.5) is 5.69 Å². The van der Waals surface area contributed by atoms with Crippen molar-refractivity contribution in [1.82, 2.24) is 0 Å². The lowest BCUT2D eigenvalue weighted by molar-refractivity contribution is 0.137. The number of hydrogen-bond acceptors (Lipinski definition) is 2. The summed E-state index contributed by atoms with van der Waals surface area (Å²) in [6.45, 7) is 2.23. The van der Waals surface area contributed by atoms with Gasteiger partial charge in [-0.25, -0.2) is 0 Å². The average molecular weight is 319 g/mol. The van der Waals surface area contributed by atoms with Crippen molar-refractivity contribution in [2.75, 3.05) is 18.0 Å². The minimum Gasteiger partial charge on any atom is -0.388 e. The molecule has 0 radical (unpaired) electrons. The van der Waals surface area contributed by atoms with E-state index in [1.54, 1.807) is 5.56 Å². The van der Waals surface area contributed by atoms with Gasteiger partial charge < -0.3 is 10.0 Å². The second kappa shape index (κ2) is 5.35. The van der Waals surface area contributed by atoms with Crippen LogP contribution in [0.3, 0.4) is 0 Å². The Bertz CT molecular complexity index is 766. The highest BCUT2D eigenvalue weighted by Gasteiger charge is 2.44. The molecule has 1 heterocycles. The van der Waals surface area contributed by atoms with Gasteiger partial charge in [-0.05, 0) is 60.8 Å². The number of aliphatic hydroxyl groups excluding tert-OH is 1. The number of rotatable bonds is 2. The van der Waals surface area contributed by atoms with Crippen molar-refractivity contribution in [2.24, 2.45) is 0 Å². The first-order valence-electron chi connectivity index (χ1n) is 9.38. The summed E-state index contributed by atoms with van der Waals surface area (Å²) in [6.07, 6.45) is 5.63. The molecule has 2 nitrogen and oxygen atoms in total. The molecule has 1 N–H and O–H groups in total. The fraction of sp³-hybridized carbons (Fsp3) is 0.455. The van der Waals surface area contributed by atoms with Crippen LogP contribution in [0.5, 0.6) is 0 Å². The SMILES string of the molecule is OC1CCC2(CCN(c3ccccc3C3CC3)C2)c2ccccc21. The van der Waals surface area contributed by atoms with Gasteiger partial charge in [0.2, 0.25) is 0 Å². The zero-order chi connectivity index (χ0) is 16.1. The second-order valence-corrected chi connectivity index (χ2v) is 7.93. The first-order chi connectivity index (χ1) is 11.8. The van der Waals surface area contributed by atoms with E-state index in [4.69, 9.17) is 0 Å². The van der Waals surface area contributed by atoms with Crippen molar-refractivity contribution in [3.05, 3.63) is 65.2 Å². The third-order valence-corrected chi connectivity index (χ3v) is 6.44. The zero-order valence-electron chi connectivity index (χ0n) is 14.1. The highest BCUT2D eigenvalue weighted by atomic mass is 16.3. The fourth-order valence-corrected chi connectivity index (χ4v) is 4.99. The molecule has 24 heavy (non-hydrogen) atoms. The number of benzene rings is 2. The number of hydrogen-bond donors (Lipinski definition) is 1. The van der Waals surface area contributed by atoms with Crippen LogP contribution in [-0.2, 0) is 5.41 Å². The number of fused-ring (bicyclic) bond motifs is 2. The third kappa shape index (κ3) is 2.20. The Hall–Kier alpha value is -1.80. The molecule has 1 aliphatic heterocycles. The monoisotopic (exact) mass is 319 g/mol.